The van der Waals surface area contributed by atoms with E-state index >= 15 is 0 Å². The van der Waals surface area contributed by atoms with Crippen molar-refractivity contribution < 1.29 is 19.1 Å². The van der Waals surface area contributed by atoms with Crippen LogP contribution in [0.5, 0.6) is 5.75 Å². The molecule has 0 aliphatic carbocycles. The molecule has 0 unspecified atom stereocenters. The predicted molar refractivity (Wildman–Crippen MR) is 96.4 cm³/mol. The Labute approximate surface area is 151 Å². The molecule has 0 heterocycles. The molecule has 2 aromatic rings. The Morgan fingerprint density at radius 2 is 1.54 bits per heavy atom. The fraction of sp³-hybridized carbons (Fsp3) is 0.211. The molecule has 3 amide bonds. The summed E-state index contributed by atoms with van der Waals surface area (Å²) in [5, 5.41) is 2.46. The van der Waals surface area contributed by atoms with E-state index < -0.39 is 11.8 Å². The number of hydrogen-bond acceptors (Lipinski definition) is 4. The van der Waals surface area contributed by atoms with E-state index in [1.54, 1.807) is 42.5 Å². The normalized spacial score (nSPS) is 9.88. The predicted octanol–water partition coefficient (Wildman–Crippen LogP) is 1.21. The zero-order valence-corrected chi connectivity index (χ0v) is 14.5. The van der Waals surface area contributed by atoms with Crippen molar-refractivity contribution in [2.75, 3.05) is 13.2 Å². The molecule has 7 nitrogen and oxygen atoms in total. The minimum atomic E-state index is -0.546. The fourth-order valence-corrected chi connectivity index (χ4v) is 2.04. The van der Waals surface area contributed by atoms with Gasteiger partial charge in [0.2, 0.25) is 0 Å². The van der Waals surface area contributed by atoms with E-state index in [9.17, 15) is 14.4 Å². The number of rotatable bonds is 7. The van der Waals surface area contributed by atoms with E-state index in [1.807, 2.05) is 19.1 Å². The number of carbonyl (C=O) groups is 3. The van der Waals surface area contributed by atoms with Gasteiger partial charge in [0, 0.05) is 5.56 Å². The van der Waals surface area contributed by atoms with Crippen LogP contribution in [0, 0.1) is 0 Å². The largest absolute Gasteiger partial charge is 0.484 e. The first-order chi connectivity index (χ1) is 12.6. The fourth-order valence-electron chi connectivity index (χ4n) is 2.04. The molecule has 0 aromatic heterocycles. The van der Waals surface area contributed by atoms with Crippen molar-refractivity contribution in [1.29, 1.82) is 0 Å². The summed E-state index contributed by atoms with van der Waals surface area (Å²) in [5.74, 6) is -0.855. The number of carbonyl (C=O) groups excluding carboxylic acids is 3. The monoisotopic (exact) mass is 355 g/mol. The molecule has 0 radical (unpaired) electrons. The van der Waals surface area contributed by atoms with Crippen LogP contribution in [-0.4, -0.2) is 30.9 Å². The number of amides is 3. The number of hydrogen-bond donors (Lipinski definition) is 3. The van der Waals surface area contributed by atoms with E-state index in [1.165, 1.54) is 5.56 Å². The number of benzene rings is 2. The molecule has 0 aliphatic heterocycles. The summed E-state index contributed by atoms with van der Waals surface area (Å²) in [7, 11) is 0. The number of hydrazine groups is 1. The molecule has 26 heavy (non-hydrogen) atoms. The maximum Gasteiger partial charge on any atom is 0.276 e. The van der Waals surface area contributed by atoms with Gasteiger partial charge >= 0.3 is 0 Å². The quantitative estimate of drug-likeness (QED) is 0.650. The lowest BCUT2D eigenvalue weighted by Crippen LogP contribution is -2.47. The average molecular weight is 355 g/mol. The first kappa shape index (κ1) is 19.0. The van der Waals surface area contributed by atoms with Gasteiger partial charge in [0.15, 0.2) is 6.61 Å². The van der Waals surface area contributed by atoms with E-state index in [-0.39, 0.29) is 19.1 Å². The van der Waals surface area contributed by atoms with Crippen LogP contribution < -0.4 is 20.9 Å². The van der Waals surface area contributed by atoms with Crippen molar-refractivity contribution in [2.24, 2.45) is 0 Å². The molecular formula is C19H21N3O4. The number of aryl methyl sites for hydroxylation is 1. The van der Waals surface area contributed by atoms with Crippen molar-refractivity contribution in [2.45, 2.75) is 13.3 Å². The van der Waals surface area contributed by atoms with E-state index in [0.29, 0.717) is 11.3 Å². The Morgan fingerprint density at radius 3 is 2.19 bits per heavy atom. The molecule has 3 N–H and O–H groups in total. The Balaban J connectivity index is 1.65. The zero-order chi connectivity index (χ0) is 18.8. The molecule has 0 spiro atoms. The van der Waals surface area contributed by atoms with Gasteiger partial charge in [-0.3, -0.25) is 25.2 Å². The van der Waals surface area contributed by atoms with Gasteiger partial charge in [0.1, 0.15) is 5.75 Å². The van der Waals surface area contributed by atoms with E-state index in [2.05, 4.69) is 16.2 Å². The highest BCUT2D eigenvalue weighted by Gasteiger charge is 2.09. The third-order valence-corrected chi connectivity index (χ3v) is 3.49. The topological polar surface area (TPSA) is 96.5 Å². The van der Waals surface area contributed by atoms with Gasteiger partial charge in [-0.1, -0.05) is 37.3 Å². The van der Waals surface area contributed by atoms with Crippen LogP contribution in [0.25, 0.3) is 0 Å². The zero-order valence-electron chi connectivity index (χ0n) is 14.5. The third kappa shape index (κ3) is 6.27. The van der Waals surface area contributed by atoms with Crippen molar-refractivity contribution in [3.05, 3.63) is 65.7 Å². The summed E-state index contributed by atoms with van der Waals surface area (Å²) in [6.45, 7) is 1.56. The Bertz CT molecular complexity index is 745. The SMILES string of the molecule is CCc1ccc(OCC(=O)NNC(=O)CNC(=O)c2ccccc2)cc1. The number of ether oxygens (including phenoxy) is 1. The van der Waals surface area contributed by atoms with Crippen LogP contribution in [0.15, 0.2) is 54.6 Å². The van der Waals surface area contributed by atoms with Crippen LogP contribution in [0.1, 0.15) is 22.8 Å². The van der Waals surface area contributed by atoms with Gasteiger partial charge in [0.05, 0.1) is 6.54 Å². The lowest BCUT2D eigenvalue weighted by molar-refractivity contribution is -0.129. The Hall–Kier alpha value is -3.35. The van der Waals surface area contributed by atoms with Gasteiger partial charge < -0.3 is 10.1 Å². The van der Waals surface area contributed by atoms with Crippen molar-refractivity contribution >= 4 is 17.7 Å². The molecule has 0 atom stereocenters. The maximum absolute atomic E-state index is 11.8. The van der Waals surface area contributed by atoms with Crippen LogP contribution >= 0.6 is 0 Å². The van der Waals surface area contributed by atoms with Crippen molar-refractivity contribution in [3.8, 4) is 5.75 Å². The van der Waals surface area contributed by atoms with Gasteiger partial charge in [0.25, 0.3) is 17.7 Å². The van der Waals surface area contributed by atoms with Crippen molar-refractivity contribution in [3.63, 3.8) is 0 Å². The standard InChI is InChI=1S/C19H21N3O4/c1-2-14-8-10-16(11-9-14)26-13-18(24)22-21-17(23)12-20-19(25)15-6-4-3-5-7-15/h3-11H,2,12-13H2,1H3,(H,20,25)(H,21,23)(H,22,24). The molecule has 0 saturated heterocycles. The summed E-state index contributed by atoms with van der Waals surface area (Å²) in [4.78, 5) is 35.1. The summed E-state index contributed by atoms with van der Waals surface area (Å²) < 4.78 is 5.32. The van der Waals surface area contributed by atoms with Gasteiger partial charge in [-0.2, -0.15) is 0 Å². The molecule has 7 heteroatoms. The van der Waals surface area contributed by atoms with E-state index in [0.717, 1.165) is 6.42 Å². The second kappa shape index (κ2) is 9.83. The lowest BCUT2D eigenvalue weighted by Gasteiger charge is -2.10. The molecule has 2 aromatic carbocycles. The summed E-state index contributed by atoms with van der Waals surface area (Å²) >= 11 is 0. The Morgan fingerprint density at radius 1 is 0.885 bits per heavy atom. The minimum absolute atomic E-state index is 0.234. The molecular weight excluding hydrogens is 334 g/mol. The van der Waals surface area contributed by atoms with Crippen molar-refractivity contribution in [1.82, 2.24) is 16.2 Å². The molecule has 2 rings (SSSR count). The number of nitrogens with one attached hydrogen (secondary N) is 3. The van der Waals surface area contributed by atoms with Crippen LogP contribution in [0.4, 0.5) is 0 Å². The summed E-state index contributed by atoms with van der Waals surface area (Å²) in [6, 6.07) is 15.9. The molecule has 0 bridgehead atoms. The molecule has 136 valence electrons. The smallest absolute Gasteiger partial charge is 0.276 e. The van der Waals surface area contributed by atoms with Crippen LogP contribution in [-0.2, 0) is 16.0 Å². The molecule has 0 saturated carbocycles. The summed E-state index contributed by atoms with van der Waals surface area (Å²) in [5.41, 5.74) is 6.06. The van der Waals surface area contributed by atoms with E-state index in [4.69, 9.17) is 4.74 Å². The highest BCUT2D eigenvalue weighted by molar-refractivity contribution is 5.96. The molecule has 0 aliphatic rings. The van der Waals surface area contributed by atoms with Gasteiger partial charge in [-0.25, -0.2) is 0 Å². The minimum Gasteiger partial charge on any atom is -0.484 e. The first-order valence-electron chi connectivity index (χ1n) is 8.21. The van der Waals surface area contributed by atoms with Gasteiger partial charge in [-0.15, -0.1) is 0 Å². The second-order valence-corrected chi connectivity index (χ2v) is 5.43. The van der Waals surface area contributed by atoms with Gasteiger partial charge in [-0.05, 0) is 36.2 Å². The third-order valence-electron chi connectivity index (χ3n) is 3.49. The maximum atomic E-state index is 11.8. The lowest BCUT2D eigenvalue weighted by atomic mass is 10.2. The highest BCUT2D eigenvalue weighted by atomic mass is 16.5. The first-order valence-corrected chi connectivity index (χ1v) is 8.21. The second-order valence-electron chi connectivity index (χ2n) is 5.43. The highest BCUT2D eigenvalue weighted by Crippen LogP contribution is 2.12. The summed E-state index contributed by atoms with van der Waals surface area (Å²) in [6.07, 6.45) is 0.924. The van der Waals surface area contributed by atoms with Crippen LogP contribution in [0.3, 0.4) is 0 Å². The average Bonchev–Trinajstić information content (AvgIpc) is 2.69. The molecule has 0 fully saturated rings. The van der Waals surface area contributed by atoms with Crippen LogP contribution in [0.2, 0.25) is 0 Å². The Kier molecular flexibility index (Phi) is 7.17.